The van der Waals surface area contributed by atoms with Crippen molar-refractivity contribution in [2.75, 3.05) is 5.32 Å². The van der Waals surface area contributed by atoms with Gasteiger partial charge in [-0.05, 0) is 32.0 Å². The SMILES string of the molecule is Cc1ccc(C(C)Nc2cnccc2C(=O)O)o1. The number of carbonyl (C=O) groups is 1. The summed E-state index contributed by atoms with van der Waals surface area (Å²) in [5.41, 5.74) is 0.673. The van der Waals surface area contributed by atoms with Gasteiger partial charge in [0.15, 0.2) is 0 Å². The first kappa shape index (κ1) is 12.2. The number of carboxylic acids is 1. The molecule has 0 bridgehead atoms. The van der Waals surface area contributed by atoms with Crippen LogP contribution in [0.3, 0.4) is 0 Å². The molecule has 2 rings (SSSR count). The van der Waals surface area contributed by atoms with E-state index in [1.54, 1.807) is 0 Å². The van der Waals surface area contributed by atoms with Crippen molar-refractivity contribution in [1.29, 1.82) is 0 Å². The first-order valence-corrected chi connectivity index (χ1v) is 5.58. The van der Waals surface area contributed by atoms with Crippen LogP contribution < -0.4 is 5.32 Å². The van der Waals surface area contributed by atoms with E-state index in [1.807, 2.05) is 26.0 Å². The van der Waals surface area contributed by atoms with E-state index in [-0.39, 0.29) is 11.6 Å². The number of anilines is 1. The Morgan fingerprint density at radius 2 is 2.22 bits per heavy atom. The van der Waals surface area contributed by atoms with Gasteiger partial charge in [-0.1, -0.05) is 0 Å². The van der Waals surface area contributed by atoms with Crippen molar-refractivity contribution in [3.8, 4) is 0 Å². The van der Waals surface area contributed by atoms with Gasteiger partial charge in [0.25, 0.3) is 0 Å². The van der Waals surface area contributed by atoms with Gasteiger partial charge in [0, 0.05) is 6.20 Å². The predicted molar refractivity (Wildman–Crippen MR) is 66.7 cm³/mol. The molecule has 0 saturated heterocycles. The highest BCUT2D eigenvalue weighted by atomic mass is 16.4. The maximum Gasteiger partial charge on any atom is 0.337 e. The van der Waals surface area contributed by atoms with Crippen molar-refractivity contribution in [3.63, 3.8) is 0 Å². The number of hydrogen-bond acceptors (Lipinski definition) is 4. The molecule has 94 valence electrons. The average Bonchev–Trinajstić information content (AvgIpc) is 2.76. The van der Waals surface area contributed by atoms with Crippen LogP contribution >= 0.6 is 0 Å². The number of aromatic nitrogens is 1. The standard InChI is InChI=1S/C13H14N2O3/c1-8-3-4-12(18-8)9(2)15-11-7-14-6-5-10(11)13(16)17/h3-7,9,15H,1-2H3,(H,16,17). The lowest BCUT2D eigenvalue weighted by molar-refractivity contribution is 0.0697. The molecule has 5 heteroatoms. The molecule has 0 aliphatic rings. The summed E-state index contributed by atoms with van der Waals surface area (Å²) in [6, 6.07) is 5.07. The number of furan rings is 1. The van der Waals surface area contributed by atoms with Crippen molar-refractivity contribution < 1.29 is 14.3 Å². The molecule has 2 aromatic heterocycles. The highest BCUT2D eigenvalue weighted by Crippen LogP contribution is 2.23. The molecule has 0 aromatic carbocycles. The van der Waals surface area contributed by atoms with E-state index in [0.717, 1.165) is 11.5 Å². The van der Waals surface area contributed by atoms with Crippen LogP contribution in [0.4, 0.5) is 5.69 Å². The topological polar surface area (TPSA) is 75.4 Å². The molecule has 2 heterocycles. The number of nitrogens with one attached hydrogen (secondary N) is 1. The second-order valence-corrected chi connectivity index (χ2v) is 4.04. The zero-order valence-corrected chi connectivity index (χ0v) is 10.2. The maximum absolute atomic E-state index is 11.1. The van der Waals surface area contributed by atoms with Crippen LogP contribution in [0.1, 0.15) is 34.8 Å². The van der Waals surface area contributed by atoms with E-state index in [2.05, 4.69) is 10.3 Å². The zero-order chi connectivity index (χ0) is 13.1. The van der Waals surface area contributed by atoms with Gasteiger partial charge in [0.05, 0.1) is 23.5 Å². The molecule has 5 nitrogen and oxygen atoms in total. The lowest BCUT2D eigenvalue weighted by atomic mass is 10.2. The minimum atomic E-state index is -0.984. The summed E-state index contributed by atoms with van der Waals surface area (Å²) in [5, 5.41) is 12.1. The Hall–Kier alpha value is -2.30. The molecule has 1 atom stereocenters. The van der Waals surface area contributed by atoms with Crippen LogP contribution in [0.2, 0.25) is 0 Å². The number of nitrogens with zero attached hydrogens (tertiary/aromatic N) is 1. The van der Waals surface area contributed by atoms with Crippen LogP contribution in [-0.2, 0) is 0 Å². The fourth-order valence-electron chi connectivity index (χ4n) is 1.69. The Morgan fingerprint density at radius 3 is 2.83 bits per heavy atom. The van der Waals surface area contributed by atoms with Crippen molar-refractivity contribution >= 4 is 11.7 Å². The first-order valence-electron chi connectivity index (χ1n) is 5.58. The molecule has 0 radical (unpaired) electrons. The van der Waals surface area contributed by atoms with Crippen molar-refractivity contribution in [2.24, 2.45) is 0 Å². The Morgan fingerprint density at radius 1 is 1.44 bits per heavy atom. The molecule has 2 aromatic rings. The van der Waals surface area contributed by atoms with Gasteiger partial charge in [0.1, 0.15) is 11.5 Å². The summed E-state index contributed by atoms with van der Waals surface area (Å²) >= 11 is 0. The van der Waals surface area contributed by atoms with E-state index in [4.69, 9.17) is 9.52 Å². The highest BCUT2D eigenvalue weighted by Gasteiger charge is 2.14. The minimum absolute atomic E-state index is 0.124. The van der Waals surface area contributed by atoms with E-state index in [0.29, 0.717) is 5.69 Å². The van der Waals surface area contributed by atoms with Crippen LogP contribution in [0.15, 0.2) is 35.0 Å². The Balaban J connectivity index is 2.21. The van der Waals surface area contributed by atoms with Crippen molar-refractivity contribution in [1.82, 2.24) is 4.98 Å². The number of carboxylic acid groups (broad SMARTS) is 1. The van der Waals surface area contributed by atoms with Crippen LogP contribution in [0, 0.1) is 6.92 Å². The summed E-state index contributed by atoms with van der Waals surface area (Å²) in [4.78, 5) is 15.0. The Bertz CT molecular complexity index is 563. The highest BCUT2D eigenvalue weighted by molar-refractivity contribution is 5.93. The molecule has 2 N–H and O–H groups in total. The first-order chi connectivity index (χ1) is 8.58. The zero-order valence-electron chi connectivity index (χ0n) is 10.2. The Kier molecular flexibility index (Phi) is 3.32. The van der Waals surface area contributed by atoms with E-state index in [9.17, 15) is 4.79 Å². The summed E-state index contributed by atoms with van der Waals surface area (Å²) in [5.74, 6) is 0.596. The molecule has 18 heavy (non-hydrogen) atoms. The van der Waals surface area contributed by atoms with Crippen molar-refractivity contribution in [2.45, 2.75) is 19.9 Å². The second kappa shape index (κ2) is 4.91. The average molecular weight is 246 g/mol. The van der Waals surface area contributed by atoms with Gasteiger partial charge in [0.2, 0.25) is 0 Å². The van der Waals surface area contributed by atoms with E-state index >= 15 is 0 Å². The lowest BCUT2D eigenvalue weighted by Gasteiger charge is -2.14. The van der Waals surface area contributed by atoms with Gasteiger partial charge < -0.3 is 14.8 Å². The molecule has 0 spiro atoms. The monoisotopic (exact) mass is 246 g/mol. The summed E-state index contributed by atoms with van der Waals surface area (Å²) in [6.45, 7) is 3.76. The smallest absolute Gasteiger partial charge is 0.337 e. The number of aryl methyl sites for hydroxylation is 1. The van der Waals surface area contributed by atoms with E-state index in [1.165, 1.54) is 18.5 Å². The van der Waals surface area contributed by atoms with Crippen LogP contribution in [0.25, 0.3) is 0 Å². The van der Waals surface area contributed by atoms with Crippen LogP contribution in [0.5, 0.6) is 0 Å². The number of aromatic carboxylic acids is 1. The molecule has 0 saturated carbocycles. The van der Waals surface area contributed by atoms with Gasteiger partial charge in [-0.15, -0.1) is 0 Å². The van der Waals surface area contributed by atoms with Gasteiger partial charge in [-0.2, -0.15) is 0 Å². The van der Waals surface area contributed by atoms with Crippen LogP contribution in [-0.4, -0.2) is 16.1 Å². The molecular formula is C13H14N2O3. The maximum atomic E-state index is 11.1. The molecule has 0 fully saturated rings. The fraction of sp³-hybridized carbons (Fsp3) is 0.231. The minimum Gasteiger partial charge on any atom is -0.478 e. The number of rotatable bonds is 4. The fourth-order valence-corrected chi connectivity index (χ4v) is 1.69. The molecule has 0 aliphatic heterocycles. The molecule has 0 amide bonds. The number of pyridine rings is 1. The normalized spacial score (nSPS) is 12.1. The molecule has 1 unspecified atom stereocenters. The van der Waals surface area contributed by atoms with E-state index < -0.39 is 5.97 Å². The quantitative estimate of drug-likeness (QED) is 0.867. The van der Waals surface area contributed by atoms with Gasteiger partial charge in [-0.25, -0.2) is 4.79 Å². The number of hydrogen-bond donors (Lipinski definition) is 2. The van der Waals surface area contributed by atoms with Gasteiger partial charge >= 0.3 is 5.97 Å². The lowest BCUT2D eigenvalue weighted by Crippen LogP contribution is -2.10. The summed E-state index contributed by atoms with van der Waals surface area (Å²) in [6.07, 6.45) is 2.95. The third kappa shape index (κ3) is 2.51. The van der Waals surface area contributed by atoms with Crippen molar-refractivity contribution in [3.05, 3.63) is 47.7 Å². The third-order valence-electron chi connectivity index (χ3n) is 2.61. The predicted octanol–water partition coefficient (Wildman–Crippen LogP) is 2.85. The van der Waals surface area contributed by atoms with Gasteiger partial charge in [-0.3, -0.25) is 4.98 Å². The third-order valence-corrected chi connectivity index (χ3v) is 2.61. The molecule has 0 aliphatic carbocycles. The summed E-state index contributed by atoms with van der Waals surface area (Å²) < 4.78 is 5.49. The molecular weight excluding hydrogens is 232 g/mol. The Labute approximate surface area is 104 Å². The second-order valence-electron chi connectivity index (χ2n) is 4.04. The largest absolute Gasteiger partial charge is 0.478 e. The summed E-state index contributed by atoms with van der Waals surface area (Å²) in [7, 11) is 0.